The van der Waals surface area contributed by atoms with E-state index in [1.807, 2.05) is 13.0 Å². The van der Waals surface area contributed by atoms with Gasteiger partial charge in [-0.3, -0.25) is 0 Å². The molecule has 62 valence electrons. The Morgan fingerprint density at radius 3 is 2.09 bits per heavy atom. The van der Waals surface area contributed by atoms with Crippen molar-refractivity contribution in [1.82, 2.24) is 0 Å². The second-order valence-corrected chi connectivity index (χ2v) is 3.28. The zero-order valence-corrected chi connectivity index (χ0v) is 7.08. The van der Waals surface area contributed by atoms with Crippen LogP contribution in [0.15, 0.2) is 35.8 Å². The van der Waals surface area contributed by atoms with E-state index in [9.17, 15) is 8.42 Å². The molecule has 0 saturated heterocycles. The van der Waals surface area contributed by atoms with Crippen LogP contribution >= 0.6 is 0 Å². The molecule has 0 radical (unpaired) electrons. The van der Waals surface area contributed by atoms with Gasteiger partial charge in [-0.25, -0.2) is 13.6 Å². The van der Waals surface area contributed by atoms with Crippen LogP contribution in [0, 0.1) is 0 Å². The van der Waals surface area contributed by atoms with Crippen molar-refractivity contribution >= 4 is 10.0 Å². The van der Waals surface area contributed by atoms with E-state index in [0.29, 0.717) is 0 Å². The van der Waals surface area contributed by atoms with E-state index >= 15 is 0 Å². The van der Waals surface area contributed by atoms with E-state index in [-0.39, 0.29) is 0 Å². The molecule has 0 aromatic carbocycles. The minimum Gasteiger partial charge on any atom is -0.225 e. The SMILES string of the molecule is C\C=C/C=C\C=C\S(N)(=O)=O. The van der Waals surface area contributed by atoms with Crippen LogP contribution in [0.2, 0.25) is 0 Å². The Morgan fingerprint density at radius 2 is 1.64 bits per heavy atom. The number of primary sulfonamides is 1. The van der Waals surface area contributed by atoms with Crippen molar-refractivity contribution in [2.75, 3.05) is 0 Å². The summed E-state index contributed by atoms with van der Waals surface area (Å²) in [5.74, 6) is 0. The highest BCUT2D eigenvalue weighted by molar-refractivity contribution is 7.92. The van der Waals surface area contributed by atoms with Gasteiger partial charge >= 0.3 is 0 Å². The molecule has 4 heteroatoms. The number of allylic oxidation sites excluding steroid dienone is 5. The quantitative estimate of drug-likeness (QED) is 0.645. The van der Waals surface area contributed by atoms with Gasteiger partial charge < -0.3 is 0 Å². The monoisotopic (exact) mass is 173 g/mol. The number of sulfonamides is 1. The lowest BCUT2D eigenvalue weighted by Crippen LogP contribution is -2.06. The first-order chi connectivity index (χ1) is 5.06. The van der Waals surface area contributed by atoms with E-state index in [1.165, 1.54) is 6.08 Å². The summed E-state index contributed by atoms with van der Waals surface area (Å²) in [4.78, 5) is 0. The summed E-state index contributed by atoms with van der Waals surface area (Å²) in [6, 6.07) is 0. The fourth-order valence-electron chi connectivity index (χ4n) is 0.394. The first-order valence-corrected chi connectivity index (χ1v) is 4.66. The van der Waals surface area contributed by atoms with Crippen LogP contribution in [0.3, 0.4) is 0 Å². The van der Waals surface area contributed by atoms with E-state index in [2.05, 4.69) is 5.14 Å². The smallest absolute Gasteiger partial charge is 0.225 e. The molecule has 0 atom stereocenters. The molecule has 0 aliphatic heterocycles. The molecule has 0 spiro atoms. The van der Waals surface area contributed by atoms with Gasteiger partial charge in [0.1, 0.15) is 0 Å². The van der Waals surface area contributed by atoms with Crippen molar-refractivity contribution in [1.29, 1.82) is 0 Å². The Bertz CT molecular complexity index is 273. The fraction of sp³-hybridized carbons (Fsp3) is 0.143. The zero-order valence-electron chi connectivity index (χ0n) is 6.27. The molecular weight excluding hydrogens is 162 g/mol. The van der Waals surface area contributed by atoms with Crippen molar-refractivity contribution in [2.45, 2.75) is 6.92 Å². The van der Waals surface area contributed by atoms with Gasteiger partial charge in [0.15, 0.2) is 0 Å². The lowest BCUT2D eigenvalue weighted by Gasteiger charge is -1.80. The fourth-order valence-corrected chi connectivity index (χ4v) is 0.704. The average molecular weight is 173 g/mol. The zero-order chi connectivity index (χ0) is 8.74. The topological polar surface area (TPSA) is 60.2 Å². The van der Waals surface area contributed by atoms with Crippen molar-refractivity contribution in [3.63, 3.8) is 0 Å². The van der Waals surface area contributed by atoms with Gasteiger partial charge in [-0.15, -0.1) is 0 Å². The highest BCUT2D eigenvalue weighted by atomic mass is 32.2. The molecule has 0 aromatic rings. The van der Waals surface area contributed by atoms with Gasteiger partial charge in [0, 0.05) is 5.41 Å². The summed E-state index contributed by atoms with van der Waals surface area (Å²) in [6.07, 6.45) is 8.29. The van der Waals surface area contributed by atoms with Crippen LogP contribution in [0.25, 0.3) is 0 Å². The van der Waals surface area contributed by atoms with Crippen LogP contribution in [0.5, 0.6) is 0 Å². The van der Waals surface area contributed by atoms with Crippen molar-refractivity contribution < 1.29 is 8.42 Å². The minimum absolute atomic E-state index is 0.938. The second kappa shape index (κ2) is 4.87. The first kappa shape index (κ1) is 10.1. The summed E-state index contributed by atoms with van der Waals surface area (Å²) in [6.45, 7) is 1.87. The summed E-state index contributed by atoms with van der Waals surface area (Å²) >= 11 is 0. The van der Waals surface area contributed by atoms with Gasteiger partial charge in [-0.1, -0.05) is 24.3 Å². The number of rotatable bonds is 3. The lowest BCUT2D eigenvalue weighted by atomic mass is 10.4. The third-order valence-corrected chi connectivity index (χ3v) is 1.33. The summed E-state index contributed by atoms with van der Waals surface area (Å²) < 4.78 is 20.6. The molecule has 0 aromatic heterocycles. The largest absolute Gasteiger partial charge is 0.231 e. The predicted octanol–water partition coefficient (Wildman–Crippen LogP) is 0.921. The molecule has 0 bridgehead atoms. The summed E-state index contributed by atoms with van der Waals surface area (Å²) in [7, 11) is -3.47. The molecule has 2 N–H and O–H groups in total. The van der Waals surface area contributed by atoms with E-state index in [0.717, 1.165) is 5.41 Å². The van der Waals surface area contributed by atoms with Gasteiger partial charge in [0.2, 0.25) is 10.0 Å². The minimum atomic E-state index is -3.47. The highest BCUT2D eigenvalue weighted by Gasteiger charge is 1.88. The van der Waals surface area contributed by atoms with Gasteiger partial charge in [-0.2, -0.15) is 0 Å². The molecule has 0 saturated carbocycles. The van der Waals surface area contributed by atoms with Crippen molar-refractivity contribution in [2.24, 2.45) is 5.14 Å². The van der Waals surface area contributed by atoms with Crippen LogP contribution in [0.4, 0.5) is 0 Å². The maximum atomic E-state index is 10.3. The maximum Gasteiger partial charge on any atom is 0.231 e. The Kier molecular flexibility index (Phi) is 4.49. The average Bonchev–Trinajstić information content (AvgIpc) is 1.85. The molecule has 3 nitrogen and oxygen atoms in total. The molecule has 11 heavy (non-hydrogen) atoms. The molecule has 0 unspecified atom stereocenters. The molecule has 0 rings (SSSR count). The van der Waals surface area contributed by atoms with Crippen LogP contribution in [-0.4, -0.2) is 8.42 Å². The van der Waals surface area contributed by atoms with E-state index < -0.39 is 10.0 Å². The van der Waals surface area contributed by atoms with E-state index in [1.54, 1.807) is 18.2 Å². The molecule has 0 fully saturated rings. The normalized spacial score (nSPS) is 14.0. The Balaban J connectivity index is 3.98. The van der Waals surface area contributed by atoms with Gasteiger partial charge in [0.25, 0.3) is 0 Å². The van der Waals surface area contributed by atoms with Crippen molar-refractivity contribution in [3.05, 3.63) is 35.8 Å². The Hall–Kier alpha value is -0.870. The lowest BCUT2D eigenvalue weighted by molar-refractivity contribution is 0.606. The predicted molar refractivity (Wildman–Crippen MR) is 46.2 cm³/mol. The first-order valence-electron chi connectivity index (χ1n) is 3.05. The van der Waals surface area contributed by atoms with E-state index in [4.69, 9.17) is 0 Å². The maximum absolute atomic E-state index is 10.3. The van der Waals surface area contributed by atoms with Crippen LogP contribution in [0.1, 0.15) is 6.92 Å². The van der Waals surface area contributed by atoms with Crippen LogP contribution < -0.4 is 5.14 Å². The highest BCUT2D eigenvalue weighted by Crippen LogP contribution is 1.83. The Morgan fingerprint density at radius 1 is 1.09 bits per heavy atom. The van der Waals surface area contributed by atoms with Crippen LogP contribution in [-0.2, 0) is 10.0 Å². The Labute approximate surface area is 67.0 Å². The second-order valence-electron chi connectivity index (χ2n) is 1.83. The standard InChI is InChI=1S/C7H11NO2S/c1-2-3-4-5-6-7-11(8,9)10/h2-7H,1H3,(H2,8,9,10)/b3-2-,5-4-,7-6+. The van der Waals surface area contributed by atoms with Gasteiger partial charge in [-0.05, 0) is 13.0 Å². The van der Waals surface area contributed by atoms with Gasteiger partial charge in [0.05, 0.1) is 0 Å². The molecule has 0 amide bonds. The molecule has 0 heterocycles. The molecule has 0 aliphatic rings. The number of hydrogen-bond donors (Lipinski definition) is 1. The summed E-state index contributed by atoms with van der Waals surface area (Å²) in [5.41, 5.74) is 0. The number of hydrogen-bond acceptors (Lipinski definition) is 2. The molecular formula is C7H11NO2S. The summed E-state index contributed by atoms with van der Waals surface area (Å²) in [5, 5.41) is 5.62. The third kappa shape index (κ3) is 9.13. The number of nitrogens with two attached hydrogens (primary N) is 1. The third-order valence-electron chi connectivity index (χ3n) is 0.794. The molecule has 0 aliphatic carbocycles. The van der Waals surface area contributed by atoms with Crippen molar-refractivity contribution in [3.8, 4) is 0 Å².